The van der Waals surface area contributed by atoms with Gasteiger partial charge in [0.2, 0.25) is 5.91 Å². The maximum Gasteiger partial charge on any atom is 0.219 e. The van der Waals surface area contributed by atoms with Crippen LogP contribution in [0.4, 0.5) is 0 Å². The highest BCUT2D eigenvalue weighted by atomic mass is 16.2. The number of nitrogens with zero attached hydrogens (tertiary/aromatic N) is 2. The molecule has 2 aliphatic rings. The molecule has 0 N–H and O–H groups in total. The molecule has 2 rings (SSSR count). The summed E-state index contributed by atoms with van der Waals surface area (Å²) >= 11 is 0. The number of likely N-dealkylation sites (tertiary alicyclic amines) is 2. The van der Waals surface area contributed by atoms with Crippen molar-refractivity contribution in [1.82, 2.24) is 9.80 Å². The first-order valence-corrected chi connectivity index (χ1v) is 7.56. The van der Waals surface area contributed by atoms with Crippen LogP contribution in [0.2, 0.25) is 0 Å². The lowest BCUT2D eigenvalue weighted by molar-refractivity contribution is -0.134. The SMILES string of the molecule is C/C=C(/C1CN(C(C)=O)C1)C1CCN(C)C1(C)CC. The molecule has 2 saturated heterocycles. The molecule has 2 heterocycles. The molecule has 19 heavy (non-hydrogen) atoms. The van der Waals surface area contributed by atoms with E-state index in [-0.39, 0.29) is 5.91 Å². The van der Waals surface area contributed by atoms with E-state index in [2.05, 4.69) is 38.8 Å². The summed E-state index contributed by atoms with van der Waals surface area (Å²) in [5, 5.41) is 0. The van der Waals surface area contributed by atoms with Crippen LogP contribution in [0.1, 0.15) is 40.5 Å². The van der Waals surface area contributed by atoms with Crippen LogP contribution >= 0.6 is 0 Å². The monoisotopic (exact) mass is 264 g/mol. The number of carbonyl (C=O) groups excluding carboxylic acids is 1. The number of rotatable bonds is 3. The van der Waals surface area contributed by atoms with E-state index in [1.54, 1.807) is 12.5 Å². The lowest BCUT2D eigenvalue weighted by Gasteiger charge is -2.45. The minimum Gasteiger partial charge on any atom is -0.342 e. The van der Waals surface area contributed by atoms with Crippen LogP contribution in [0.25, 0.3) is 0 Å². The Hall–Kier alpha value is -0.830. The topological polar surface area (TPSA) is 23.6 Å². The van der Waals surface area contributed by atoms with Gasteiger partial charge >= 0.3 is 0 Å². The average Bonchev–Trinajstić information content (AvgIpc) is 2.60. The van der Waals surface area contributed by atoms with Crippen LogP contribution in [-0.4, -0.2) is 47.9 Å². The maximum atomic E-state index is 11.3. The van der Waals surface area contributed by atoms with Crippen molar-refractivity contribution >= 4 is 5.91 Å². The first-order chi connectivity index (χ1) is 8.93. The molecule has 3 nitrogen and oxygen atoms in total. The molecule has 0 spiro atoms. The summed E-state index contributed by atoms with van der Waals surface area (Å²) in [6.45, 7) is 11.6. The number of carbonyl (C=O) groups is 1. The number of hydrogen-bond acceptors (Lipinski definition) is 2. The van der Waals surface area contributed by atoms with E-state index in [9.17, 15) is 4.79 Å². The Balaban J connectivity index is 2.10. The summed E-state index contributed by atoms with van der Waals surface area (Å²) in [7, 11) is 2.25. The summed E-state index contributed by atoms with van der Waals surface area (Å²) in [4.78, 5) is 15.8. The molecule has 0 radical (unpaired) electrons. The third kappa shape index (κ3) is 2.33. The minimum atomic E-state index is 0.216. The van der Waals surface area contributed by atoms with Crippen molar-refractivity contribution in [3.63, 3.8) is 0 Å². The third-order valence-corrected chi connectivity index (χ3v) is 5.63. The van der Waals surface area contributed by atoms with Gasteiger partial charge < -0.3 is 9.80 Å². The Morgan fingerprint density at radius 1 is 1.42 bits per heavy atom. The Bertz CT molecular complexity index is 384. The van der Waals surface area contributed by atoms with Crippen LogP contribution in [0, 0.1) is 11.8 Å². The van der Waals surface area contributed by atoms with Crippen LogP contribution < -0.4 is 0 Å². The maximum absolute atomic E-state index is 11.3. The van der Waals surface area contributed by atoms with Crippen LogP contribution in [0.15, 0.2) is 11.6 Å². The van der Waals surface area contributed by atoms with E-state index < -0.39 is 0 Å². The predicted octanol–water partition coefficient (Wildman–Crippen LogP) is 2.53. The quantitative estimate of drug-likeness (QED) is 0.731. The summed E-state index contributed by atoms with van der Waals surface area (Å²) in [6, 6.07) is 0. The first-order valence-electron chi connectivity index (χ1n) is 7.56. The number of amides is 1. The van der Waals surface area contributed by atoms with Gasteiger partial charge in [-0.1, -0.05) is 18.6 Å². The number of allylic oxidation sites excluding steroid dienone is 1. The second kappa shape index (κ2) is 5.28. The Morgan fingerprint density at radius 2 is 2.05 bits per heavy atom. The Labute approximate surface area is 117 Å². The van der Waals surface area contributed by atoms with Crippen LogP contribution in [0.3, 0.4) is 0 Å². The van der Waals surface area contributed by atoms with Gasteiger partial charge in [-0.15, -0.1) is 0 Å². The summed E-state index contributed by atoms with van der Waals surface area (Å²) in [5.41, 5.74) is 1.88. The third-order valence-electron chi connectivity index (χ3n) is 5.63. The van der Waals surface area contributed by atoms with Gasteiger partial charge in [0.25, 0.3) is 0 Å². The van der Waals surface area contributed by atoms with Crippen molar-refractivity contribution in [2.45, 2.75) is 46.1 Å². The molecule has 2 fully saturated rings. The van der Waals surface area contributed by atoms with E-state index in [0.717, 1.165) is 13.1 Å². The van der Waals surface area contributed by atoms with E-state index in [1.807, 2.05) is 4.90 Å². The highest BCUT2D eigenvalue weighted by Crippen LogP contribution is 2.44. The molecular formula is C16H28N2O. The first kappa shape index (κ1) is 14.6. The highest BCUT2D eigenvalue weighted by molar-refractivity contribution is 5.74. The summed E-state index contributed by atoms with van der Waals surface area (Å²) in [5.74, 6) is 1.47. The van der Waals surface area contributed by atoms with E-state index in [4.69, 9.17) is 0 Å². The smallest absolute Gasteiger partial charge is 0.219 e. The van der Waals surface area contributed by atoms with Crippen molar-refractivity contribution in [2.24, 2.45) is 11.8 Å². The molecule has 2 aliphatic heterocycles. The molecule has 0 bridgehead atoms. The predicted molar refractivity (Wildman–Crippen MR) is 78.9 cm³/mol. The van der Waals surface area contributed by atoms with Crippen LogP contribution in [0.5, 0.6) is 0 Å². The number of hydrogen-bond donors (Lipinski definition) is 0. The van der Waals surface area contributed by atoms with Crippen LogP contribution in [-0.2, 0) is 4.79 Å². The van der Waals surface area contributed by atoms with Crippen molar-refractivity contribution in [3.8, 4) is 0 Å². The molecule has 108 valence electrons. The van der Waals surface area contributed by atoms with Gasteiger partial charge in [0.1, 0.15) is 0 Å². The lowest BCUT2D eigenvalue weighted by atomic mass is 9.72. The molecule has 0 aliphatic carbocycles. The molecule has 2 atom stereocenters. The van der Waals surface area contributed by atoms with Crippen molar-refractivity contribution in [1.29, 1.82) is 0 Å². The zero-order chi connectivity index (χ0) is 14.2. The molecular weight excluding hydrogens is 236 g/mol. The fourth-order valence-electron chi connectivity index (χ4n) is 3.87. The van der Waals surface area contributed by atoms with Gasteiger partial charge in [0, 0.05) is 31.5 Å². The van der Waals surface area contributed by atoms with E-state index in [0.29, 0.717) is 17.4 Å². The highest BCUT2D eigenvalue weighted by Gasteiger charge is 2.46. The summed E-state index contributed by atoms with van der Waals surface area (Å²) in [6.07, 6.45) is 4.77. The zero-order valence-electron chi connectivity index (χ0n) is 13.1. The zero-order valence-corrected chi connectivity index (χ0v) is 13.1. The van der Waals surface area contributed by atoms with E-state index in [1.165, 1.54) is 19.4 Å². The molecule has 0 aromatic carbocycles. The Morgan fingerprint density at radius 3 is 2.53 bits per heavy atom. The molecule has 0 aromatic heterocycles. The molecule has 1 amide bonds. The standard InChI is InChI=1S/C16H28N2O/c1-6-14(13-10-18(11-13)12(3)19)15-8-9-17(5)16(15,4)7-2/h6,13,15H,7-11H2,1-5H3/b14-6-. The van der Waals surface area contributed by atoms with Crippen molar-refractivity contribution < 1.29 is 4.79 Å². The fourth-order valence-corrected chi connectivity index (χ4v) is 3.87. The van der Waals surface area contributed by atoms with Gasteiger partial charge in [0.15, 0.2) is 0 Å². The lowest BCUT2D eigenvalue weighted by Crippen LogP contribution is -2.52. The second-order valence-electron chi connectivity index (χ2n) is 6.38. The van der Waals surface area contributed by atoms with Gasteiger partial charge in [-0.25, -0.2) is 0 Å². The van der Waals surface area contributed by atoms with Crippen molar-refractivity contribution in [2.75, 3.05) is 26.7 Å². The van der Waals surface area contributed by atoms with Gasteiger partial charge in [-0.2, -0.15) is 0 Å². The molecule has 0 aromatic rings. The molecule has 0 saturated carbocycles. The largest absolute Gasteiger partial charge is 0.342 e. The van der Waals surface area contributed by atoms with Gasteiger partial charge in [0.05, 0.1) is 0 Å². The second-order valence-corrected chi connectivity index (χ2v) is 6.38. The van der Waals surface area contributed by atoms with Crippen molar-refractivity contribution in [3.05, 3.63) is 11.6 Å². The van der Waals surface area contributed by atoms with Gasteiger partial charge in [-0.3, -0.25) is 4.79 Å². The fraction of sp³-hybridized carbons (Fsp3) is 0.812. The minimum absolute atomic E-state index is 0.216. The average molecular weight is 264 g/mol. The normalized spacial score (nSPS) is 33.6. The van der Waals surface area contributed by atoms with E-state index >= 15 is 0 Å². The molecule has 2 unspecified atom stereocenters. The summed E-state index contributed by atoms with van der Waals surface area (Å²) < 4.78 is 0. The van der Waals surface area contributed by atoms with Gasteiger partial charge in [-0.05, 0) is 46.2 Å². The molecule has 3 heteroatoms. The Kier molecular flexibility index (Phi) is 4.05.